The monoisotopic (exact) mass is 411 g/mol. The molecule has 156 valence electrons. The minimum Gasteiger partial charge on any atom is -0.399 e. The molecule has 0 spiro atoms. The Bertz CT molecular complexity index is 1210. The molecule has 0 saturated heterocycles. The second kappa shape index (κ2) is 9.26. The minimum absolute atomic E-state index is 0.0346. The molecule has 31 heavy (non-hydrogen) atoms. The molecule has 0 aliphatic carbocycles. The lowest BCUT2D eigenvalue weighted by molar-refractivity contribution is -0.115. The van der Waals surface area contributed by atoms with Gasteiger partial charge in [-0.15, -0.1) is 0 Å². The van der Waals surface area contributed by atoms with Gasteiger partial charge in [-0.25, -0.2) is 9.97 Å². The van der Waals surface area contributed by atoms with Gasteiger partial charge in [-0.2, -0.15) is 0 Å². The summed E-state index contributed by atoms with van der Waals surface area (Å²) in [5.41, 5.74) is 10.2. The number of nitrogen functional groups attached to an aromatic ring is 1. The van der Waals surface area contributed by atoms with Crippen molar-refractivity contribution in [2.45, 2.75) is 19.8 Å². The highest BCUT2D eigenvalue weighted by atomic mass is 16.1. The predicted molar refractivity (Wildman–Crippen MR) is 127 cm³/mol. The molecule has 0 atom stereocenters. The number of hydrogen-bond donors (Lipinski definition) is 3. The Kier molecular flexibility index (Phi) is 6.08. The summed E-state index contributed by atoms with van der Waals surface area (Å²) >= 11 is 0. The lowest BCUT2D eigenvalue weighted by Gasteiger charge is -2.12. The Balaban J connectivity index is 1.66. The lowest BCUT2D eigenvalue weighted by Crippen LogP contribution is -2.10. The Labute approximate surface area is 181 Å². The summed E-state index contributed by atoms with van der Waals surface area (Å²) < 4.78 is 0. The summed E-state index contributed by atoms with van der Waals surface area (Å²) in [7, 11) is 0. The zero-order valence-corrected chi connectivity index (χ0v) is 17.4. The first-order valence-electron chi connectivity index (χ1n) is 10.4. The van der Waals surface area contributed by atoms with Crippen molar-refractivity contribution in [3.05, 3.63) is 78.4 Å². The summed E-state index contributed by atoms with van der Waals surface area (Å²) in [5, 5.41) is 7.26. The fourth-order valence-electron chi connectivity index (χ4n) is 3.37. The van der Waals surface area contributed by atoms with Crippen LogP contribution in [0.2, 0.25) is 0 Å². The fourth-order valence-corrected chi connectivity index (χ4v) is 3.37. The first-order valence-corrected chi connectivity index (χ1v) is 10.4. The summed E-state index contributed by atoms with van der Waals surface area (Å²) in [4.78, 5) is 21.3. The van der Waals surface area contributed by atoms with E-state index in [2.05, 4.69) is 22.8 Å². The first kappa shape index (κ1) is 20.3. The van der Waals surface area contributed by atoms with E-state index in [1.807, 2.05) is 67.6 Å². The Morgan fingerprint density at radius 3 is 2.61 bits per heavy atom. The first-order chi connectivity index (χ1) is 15.1. The summed E-state index contributed by atoms with van der Waals surface area (Å²) in [6, 6.07) is 23.5. The molecule has 0 aliphatic rings. The maximum absolute atomic E-state index is 11.8. The molecule has 1 aromatic heterocycles. The van der Waals surface area contributed by atoms with Crippen LogP contribution in [0.5, 0.6) is 0 Å². The largest absolute Gasteiger partial charge is 0.399 e. The average molecular weight is 412 g/mol. The summed E-state index contributed by atoms with van der Waals surface area (Å²) in [5.74, 6) is 1.31. The molecule has 1 heterocycles. The van der Waals surface area contributed by atoms with Gasteiger partial charge in [0.15, 0.2) is 5.82 Å². The number of benzene rings is 3. The van der Waals surface area contributed by atoms with Gasteiger partial charge in [0.05, 0.1) is 5.52 Å². The molecule has 0 aliphatic heterocycles. The number of amides is 1. The van der Waals surface area contributed by atoms with E-state index in [0.29, 0.717) is 17.9 Å². The number of anilines is 3. The van der Waals surface area contributed by atoms with Crippen LogP contribution in [0.4, 0.5) is 17.2 Å². The molecule has 4 rings (SSSR count). The summed E-state index contributed by atoms with van der Waals surface area (Å²) in [6.45, 7) is 2.57. The molecule has 0 bridgehead atoms. The van der Waals surface area contributed by atoms with Crippen molar-refractivity contribution in [2.75, 3.05) is 22.9 Å². The molecular formula is C25H25N5O. The maximum atomic E-state index is 11.8. The number of nitrogens with one attached hydrogen (secondary N) is 2. The Morgan fingerprint density at radius 1 is 0.968 bits per heavy atom. The third-order valence-electron chi connectivity index (χ3n) is 5.00. The number of nitrogens with two attached hydrogens (primary N) is 1. The Hall–Kier alpha value is -3.93. The molecule has 6 nitrogen and oxygen atoms in total. The van der Waals surface area contributed by atoms with Crippen molar-refractivity contribution in [2.24, 2.45) is 0 Å². The second-order valence-corrected chi connectivity index (χ2v) is 7.32. The van der Waals surface area contributed by atoms with Crippen molar-refractivity contribution in [3.63, 3.8) is 0 Å². The minimum atomic E-state index is -0.0346. The van der Waals surface area contributed by atoms with Crippen molar-refractivity contribution < 1.29 is 4.79 Å². The smallest absolute Gasteiger partial charge is 0.224 e. The number of fused-ring (bicyclic) bond motifs is 1. The van der Waals surface area contributed by atoms with Gasteiger partial charge in [-0.1, -0.05) is 49.4 Å². The van der Waals surface area contributed by atoms with Crippen molar-refractivity contribution >= 4 is 34.0 Å². The van der Waals surface area contributed by atoms with Crippen LogP contribution in [0.3, 0.4) is 0 Å². The molecule has 1 amide bonds. The number of nitrogens with zero attached hydrogens (tertiary/aromatic N) is 2. The van der Waals surface area contributed by atoms with E-state index in [-0.39, 0.29) is 5.91 Å². The van der Waals surface area contributed by atoms with E-state index < -0.39 is 0 Å². The number of hydrogen-bond acceptors (Lipinski definition) is 5. The van der Waals surface area contributed by atoms with Crippen LogP contribution in [0, 0.1) is 0 Å². The molecule has 3 aromatic carbocycles. The third-order valence-corrected chi connectivity index (χ3v) is 5.00. The van der Waals surface area contributed by atoms with E-state index in [1.165, 1.54) is 5.56 Å². The van der Waals surface area contributed by atoms with Crippen LogP contribution in [0.25, 0.3) is 22.3 Å². The highest BCUT2D eigenvalue weighted by Gasteiger charge is 2.11. The normalized spacial score (nSPS) is 10.7. The lowest BCUT2D eigenvalue weighted by atomic mass is 10.1. The zero-order chi connectivity index (χ0) is 21.6. The Morgan fingerprint density at radius 2 is 1.81 bits per heavy atom. The number of rotatable bonds is 7. The molecular weight excluding hydrogens is 386 g/mol. The van der Waals surface area contributed by atoms with Crippen LogP contribution < -0.4 is 16.4 Å². The van der Waals surface area contributed by atoms with Gasteiger partial charge in [-0.05, 0) is 42.3 Å². The number of carbonyl (C=O) groups excluding carboxylic acids is 1. The number of carbonyl (C=O) groups is 1. The van der Waals surface area contributed by atoms with Crippen LogP contribution in [-0.4, -0.2) is 22.4 Å². The van der Waals surface area contributed by atoms with Crippen LogP contribution in [0.1, 0.15) is 18.9 Å². The van der Waals surface area contributed by atoms with Crippen LogP contribution in [-0.2, 0) is 11.2 Å². The molecule has 4 aromatic rings. The topological polar surface area (TPSA) is 92.9 Å². The van der Waals surface area contributed by atoms with Gasteiger partial charge < -0.3 is 16.4 Å². The van der Waals surface area contributed by atoms with Crippen LogP contribution >= 0.6 is 0 Å². The third kappa shape index (κ3) is 4.98. The van der Waals surface area contributed by atoms with Gasteiger partial charge >= 0.3 is 0 Å². The quantitative estimate of drug-likeness (QED) is 0.377. The van der Waals surface area contributed by atoms with Crippen LogP contribution in [0.15, 0.2) is 72.8 Å². The predicted octanol–water partition coefficient (Wildman–Crippen LogP) is 4.88. The van der Waals surface area contributed by atoms with Crippen molar-refractivity contribution in [1.29, 1.82) is 0 Å². The van der Waals surface area contributed by atoms with Gasteiger partial charge in [0, 0.05) is 35.3 Å². The highest BCUT2D eigenvalue weighted by Crippen LogP contribution is 2.27. The van der Waals surface area contributed by atoms with Gasteiger partial charge in [0.1, 0.15) is 5.82 Å². The number of aromatic nitrogens is 2. The maximum Gasteiger partial charge on any atom is 0.224 e. The molecule has 6 heteroatoms. The second-order valence-electron chi connectivity index (χ2n) is 7.32. The van der Waals surface area contributed by atoms with Gasteiger partial charge in [-0.3, -0.25) is 4.79 Å². The van der Waals surface area contributed by atoms with E-state index in [1.54, 1.807) is 0 Å². The highest BCUT2D eigenvalue weighted by molar-refractivity contribution is 5.93. The average Bonchev–Trinajstić information content (AvgIpc) is 2.79. The molecule has 4 N–H and O–H groups in total. The standard InChI is InChI=1S/C25H25N5O/c1-2-23(31)28-20-10-6-9-18(15-20)24-29-22-16-19(26)11-12-21(22)25(30-24)27-14-13-17-7-4-3-5-8-17/h3-12,15-16H,2,13-14,26H2,1H3,(H,28,31)(H,27,29,30). The van der Waals surface area contributed by atoms with Gasteiger partial charge in [0.25, 0.3) is 0 Å². The van der Waals surface area contributed by atoms with E-state index in [4.69, 9.17) is 15.7 Å². The molecule has 0 radical (unpaired) electrons. The van der Waals surface area contributed by atoms with Crippen molar-refractivity contribution in [3.8, 4) is 11.4 Å². The molecule has 0 fully saturated rings. The zero-order valence-electron chi connectivity index (χ0n) is 17.4. The molecule has 0 unspecified atom stereocenters. The van der Waals surface area contributed by atoms with E-state index >= 15 is 0 Å². The molecule has 0 saturated carbocycles. The SMILES string of the molecule is CCC(=O)Nc1cccc(-c2nc(NCCc3ccccc3)c3ccc(N)cc3n2)c1. The van der Waals surface area contributed by atoms with E-state index in [0.717, 1.165) is 40.9 Å². The fraction of sp³-hybridized carbons (Fsp3) is 0.160. The van der Waals surface area contributed by atoms with Crippen molar-refractivity contribution in [1.82, 2.24) is 9.97 Å². The summed E-state index contributed by atoms with van der Waals surface area (Å²) in [6.07, 6.45) is 1.31. The van der Waals surface area contributed by atoms with Gasteiger partial charge in [0.2, 0.25) is 5.91 Å². The van der Waals surface area contributed by atoms with E-state index in [9.17, 15) is 4.79 Å².